The molecule has 2 aromatic rings. The van der Waals surface area contributed by atoms with Crippen molar-refractivity contribution in [2.45, 2.75) is 26.8 Å². The predicted octanol–water partition coefficient (Wildman–Crippen LogP) is 4.27. The first-order chi connectivity index (χ1) is 9.95. The van der Waals surface area contributed by atoms with Gasteiger partial charge in [-0.3, -0.25) is 4.79 Å². The van der Waals surface area contributed by atoms with E-state index in [9.17, 15) is 9.18 Å². The van der Waals surface area contributed by atoms with Crippen LogP contribution in [-0.2, 0) is 4.79 Å². The number of halogens is 1. The number of anilines is 2. The highest BCUT2D eigenvalue weighted by Crippen LogP contribution is 2.24. The summed E-state index contributed by atoms with van der Waals surface area (Å²) in [6.45, 7) is 5.37. The summed E-state index contributed by atoms with van der Waals surface area (Å²) >= 11 is 0. The standard InChI is InChI=1S/C17H19FN2O/c1-11-9-15(18)7-8-17(11)19-12(2)14-5-4-6-16(10-14)20-13(3)21/h4-10,12,19H,1-3H3,(H,20,21). The average molecular weight is 286 g/mol. The van der Waals surface area contributed by atoms with Gasteiger partial charge in [-0.15, -0.1) is 0 Å². The van der Waals surface area contributed by atoms with Gasteiger partial charge in [0.1, 0.15) is 5.82 Å². The number of carbonyl (C=O) groups is 1. The van der Waals surface area contributed by atoms with Crippen molar-refractivity contribution in [2.75, 3.05) is 10.6 Å². The number of benzene rings is 2. The van der Waals surface area contributed by atoms with E-state index in [1.54, 1.807) is 6.07 Å². The number of nitrogens with one attached hydrogen (secondary N) is 2. The van der Waals surface area contributed by atoms with Gasteiger partial charge in [-0.2, -0.15) is 0 Å². The summed E-state index contributed by atoms with van der Waals surface area (Å²) in [4.78, 5) is 11.1. The van der Waals surface area contributed by atoms with Gasteiger partial charge in [0, 0.05) is 24.3 Å². The van der Waals surface area contributed by atoms with E-state index >= 15 is 0 Å². The van der Waals surface area contributed by atoms with Gasteiger partial charge in [0.2, 0.25) is 5.91 Å². The fraction of sp³-hybridized carbons (Fsp3) is 0.235. The Kier molecular flexibility index (Phi) is 4.58. The normalized spacial score (nSPS) is 11.8. The summed E-state index contributed by atoms with van der Waals surface area (Å²) in [6, 6.07) is 12.4. The molecule has 2 rings (SSSR count). The van der Waals surface area contributed by atoms with E-state index in [0.29, 0.717) is 0 Å². The smallest absolute Gasteiger partial charge is 0.221 e. The van der Waals surface area contributed by atoms with Gasteiger partial charge in [-0.25, -0.2) is 4.39 Å². The lowest BCUT2D eigenvalue weighted by atomic mass is 10.1. The minimum atomic E-state index is -0.238. The lowest BCUT2D eigenvalue weighted by molar-refractivity contribution is -0.114. The van der Waals surface area contributed by atoms with Gasteiger partial charge in [0.25, 0.3) is 0 Å². The molecule has 0 aromatic heterocycles. The zero-order valence-corrected chi connectivity index (χ0v) is 12.4. The van der Waals surface area contributed by atoms with E-state index in [-0.39, 0.29) is 17.8 Å². The Hall–Kier alpha value is -2.36. The third kappa shape index (κ3) is 4.05. The number of rotatable bonds is 4. The Morgan fingerprint density at radius 2 is 1.95 bits per heavy atom. The van der Waals surface area contributed by atoms with Crippen molar-refractivity contribution in [1.82, 2.24) is 0 Å². The third-order valence-corrected chi connectivity index (χ3v) is 3.27. The average Bonchev–Trinajstić information content (AvgIpc) is 2.41. The number of carbonyl (C=O) groups excluding carboxylic acids is 1. The van der Waals surface area contributed by atoms with Crippen LogP contribution in [0, 0.1) is 12.7 Å². The maximum absolute atomic E-state index is 13.1. The Balaban J connectivity index is 2.16. The van der Waals surface area contributed by atoms with Crippen molar-refractivity contribution in [3.05, 3.63) is 59.4 Å². The van der Waals surface area contributed by atoms with Crippen LogP contribution >= 0.6 is 0 Å². The molecule has 110 valence electrons. The van der Waals surface area contributed by atoms with Crippen LogP contribution in [-0.4, -0.2) is 5.91 Å². The van der Waals surface area contributed by atoms with Gasteiger partial charge in [-0.05, 0) is 55.3 Å². The number of aryl methyl sites for hydroxylation is 1. The number of hydrogen-bond donors (Lipinski definition) is 2. The number of hydrogen-bond acceptors (Lipinski definition) is 2. The first kappa shape index (κ1) is 15.0. The monoisotopic (exact) mass is 286 g/mol. The van der Waals surface area contributed by atoms with Crippen LogP contribution < -0.4 is 10.6 Å². The topological polar surface area (TPSA) is 41.1 Å². The van der Waals surface area contributed by atoms with Crippen LogP contribution in [0.4, 0.5) is 15.8 Å². The van der Waals surface area contributed by atoms with E-state index in [0.717, 1.165) is 22.5 Å². The molecule has 0 spiro atoms. The summed E-state index contributed by atoms with van der Waals surface area (Å²) in [6.07, 6.45) is 0. The fourth-order valence-corrected chi connectivity index (χ4v) is 2.19. The summed E-state index contributed by atoms with van der Waals surface area (Å²) in [7, 11) is 0. The summed E-state index contributed by atoms with van der Waals surface area (Å²) < 4.78 is 13.1. The second-order valence-electron chi connectivity index (χ2n) is 5.13. The van der Waals surface area contributed by atoms with Crippen molar-refractivity contribution in [1.29, 1.82) is 0 Å². The first-order valence-electron chi connectivity index (χ1n) is 6.86. The van der Waals surface area contributed by atoms with E-state index in [1.165, 1.54) is 19.1 Å². The van der Waals surface area contributed by atoms with E-state index in [2.05, 4.69) is 10.6 Å². The Labute approximate surface area is 124 Å². The predicted molar refractivity (Wildman–Crippen MR) is 83.9 cm³/mol. The minimum Gasteiger partial charge on any atom is -0.378 e. The maximum atomic E-state index is 13.1. The van der Waals surface area contributed by atoms with Gasteiger partial charge >= 0.3 is 0 Å². The zero-order valence-electron chi connectivity index (χ0n) is 12.4. The lowest BCUT2D eigenvalue weighted by Gasteiger charge is -2.18. The second kappa shape index (κ2) is 6.39. The molecule has 2 aromatic carbocycles. The van der Waals surface area contributed by atoms with Gasteiger partial charge in [-0.1, -0.05) is 12.1 Å². The molecule has 3 nitrogen and oxygen atoms in total. The van der Waals surface area contributed by atoms with Crippen LogP contribution in [0.15, 0.2) is 42.5 Å². The summed E-state index contributed by atoms with van der Waals surface area (Å²) in [5.41, 5.74) is 3.57. The van der Waals surface area contributed by atoms with Crippen LogP contribution in [0.25, 0.3) is 0 Å². The molecule has 0 saturated heterocycles. The van der Waals surface area contributed by atoms with Gasteiger partial charge in [0.15, 0.2) is 0 Å². The highest BCUT2D eigenvalue weighted by Gasteiger charge is 2.08. The fourth-order valence-electron chi connectivity index (χ4n) is 2.19. The molecule has 4 heteroatoms. The highest BCUT2D eigenvalue weighted by molar-refractivity contribution is 5.88. The van der Waals surface area contributed by atoms with Crippen molar-refractivity contribution in [2.24, 2.45) is 0 Å². The molecule has 21 heavy (non-hydrogen) atoms. The van der Waals surface area contributed by atoms with Crippen molar-refractivity contribution < 1.29 is 9.18 Å². The Bertz CT molecular complexity index is 655. The molecule has 1 atom stereocenters. The molecular formula is C17H19FN2O. The molecule has 0 fully saturated rings. The Morgan fingerprint density at radius 3 is 2.62 bits per heavy atom. The maximum Gasteiger partial charge on any atom is 0.221 e. The molecule has 0 bridgehead atoms. The summed E-state index contributed by atoms with van der Waals surface area (Å²) in [5, 5.41) is 6.12. The molecule has 0 heterocycles. The molecule has 0 radical (unpaired) electrons. The Morgan fingerprint density at radius 1 is 1.19 bits per heavy atom. The van der Waals surface area contributed by atoms with Crippen LogP contribution in [0.3, 0.4) is 0 Å². The van der Waals surface area contributed by atoms with E-state index in [1.807, 2.05) is 38.1 Å². The quantitative estimate of drug-likeness (QED) is 0.881. The highest BCUT2D eigenvalue weighted by atomic mass is 19.1. The molecule has 0 aliphatic heterocycles. The molecule has 0 aliphatic carbocycles. The molecule has 2 N–H and O–H groups in total. The molecule has 0 aliphatic rings. The SMILES string of the molecule is CC(=O)Nc1cccc(C(C)Nc2ccc(F)cc2C)c1. The molecular weight excluding hydrogens is 267 g/mol. The first-order valence-corrected chi connectivity index (χ1v) is 6.86. The third-order valence-electron chi connectivity index (χ3n) is 3.27. The second-order valence-corrected chi connectivity index (χ2v) is 5.13. The molecule has 1 unspecified atom stereocenters. The van der Waals surface area contributed by atoms with Crippen molar-refractivity contribution in [3.8, 4) is 0 Å². The lowest BCUT2D eigenvalue weighted by Crippen LogP contribution is -2.10. The zero-order chi connectivity index (χ0) is 15.4. The van der Waals surface area contributed by atoms with Crippen LogP contribution in [0.5, 0.6) is 0 Å². The van der Waals surface area contributed by atoms with Gasteiger partial charge in [0.05, 0.1) is 0 Å². The van der Waals surface area contributed by atoms with Crippen LogP contribution in [0.1, 0.15) is 31.0 Å². The van der Waals surface area contributed by atoms with E-state index in [4.69, 9.17) is 0 Å². The number of amides is 1. The minimum absolute atomic E-state index is 0.0443. The molecule has 1 amide bonds. The van der Waals surface area contributed by atoms with Crippen molar-refractivity contribution in [3.63, 3.8) is 0 Å². The van der Waals surface area contributed by atoms with E-state index < -0.39 is 0 Å². The molecule has 0 saturated carbocycles. The summed E-state index contributed by atoms with van der Waals surface area (Å²) in [5.74, 6) is -0.333. The van der Waals surface area contributed by atoms with Crippen molar-refractivity contribution >= 4 is 17.3 Å². The largest absolute Gasteiger partial charge is 0.378 e. The van der Waals surface area contributed by atoms with Crippen LogP contribution in [0.2, 0.25) is 0 Å². The van der Waals surface area contributed by atoms with Gasteiger partial charge < -0.3 is 10.6 Å².